The van der Waals surface area contributed by atoms with Crippen LogP contribution in [0.2, 0.25) is 0 Å². The van der Waals surface area contributed by atoms with Crippen molar-refractivity contribution in [3.8, 4) is 11.5 Å². The van der Waals surface area contributed by atoms with Gasteiger partial charge in [-0.3, -0.25) is 15.1 Å². The lowest BCUT2D eigenvalue weighted by atomic mass is 9.97. The molecule has 1 saturated heterocycles. The number of nitrogens with zero attached hydrogens (tertiary/aromatic N) is 1. The zero-order valence-electron chi connectivity index (χ0n) is 13.3. The number of methoxy groups -OCH3 is 1. The van der Waals surface area contributed by atoms with E-state index in [1.165, 1.54) is 0 Å². The van der Waals surface area contributed by atoms with Crippen molar-refractivity contribution in [1.29, 1.82) is 0 Å². The minimum absolute atomic E-state index is 0.0418. The Morgan fingerprint density at radius 3 is 3.00 bits per heavy atom. The second-order valence-electron chi connectivity index (χ2n) is 5.46. The number of hydrogen-bond acceptors (Lipinski definition) is 5. The summed E-state index contributed by atoms with van der Waals surface area (Å²) in [7, 11) is 1.64. The maximum absolute atomic E-state index is 11.7. The van der Waals surface area contributed by atoms with Gasteiger partial charge in [0.15, 0.2) is 11.5 Å². The smallest absolute Gasteiger partial charge is 0.238 e. The largest absolute Gasteiger partial charge is 0.493 e. The van der Waals surface area contributed by atoms with Crippen molar-refractivity contribution in [2.24, 2.45) is 11.8 Å². The van der Waals surface area contributed by atoms with E-state index in [2.05, 4.69) is 10.3 Å². The molecule has 0 saturated carbocycles. The van der Waals surface area contributed by atoms with Crippen molar-refractivity contribution in [2.45, 2.75) is 26.3 Å². The molecule has 1 fully saturated rings. The highest BCUT2D eigenvalue weighted by Gasteiger charge is 2.26. The fourth-order valence-corrected chi connectivity index (χ4v) is 2.93. The molecule has 2 rings (SSSR count). The molecule has 1 amide bonds. The van der Waals surface area contributed by atoms with Gasteiger partial charge in [-0.2, -0.15) is 0 Å². The minimum atomic E-state index is -0.0830. The number of benzene rings is 1. The summed E-state index contributed by atoms with van der Waals surface area (Å²) < 4.78 is 11.1. The number of amides is 1. The van der Waals surface area contributed by atoms with Gasteiger partial charge in [0.1, 0.15) is 0 Å². The maximum atomic E-state index is 11.7. The zero-order chi connectivity index (χ0) is 15.9. The number of ether oxygens (including phenoxy) is 2. The van der Waals surface area contributed by atoms with E-state index >= 15 is 0 Å². The van der Waals surface area contributed by atoms with Gasteiger partial charge in [0, 0.05) is 18.7 Å². The lowest BCUT2D eigenvalue weighted by Gasteiger charge is -2.32. The first-order valence-corrected chi connectivity index (χ1v) is 7.71. The summed E-state index contributed by atoms with van der Waals surface area (Å²) in [6, 6.07) is 5.90. The molecule has 3 N–H and O–H groups in total. The van der Waals surface area contributed by atoms with Gasteiger partial charge in [0.25, 0.3) is 0 Å². The van der Waals surface area contributed by atoms with Crippen LogP contribution in [0.1, 0.15) is 25.3 Å². The summed E-state index contributed by atoms with van der Waals surface area (Å²) in [6.45, 7) is 4.97. The SMILES string of the molecule is CCOc1c(CN2CCCC(C(=O)NN)C2)cccc1OC. The molecule has 6 nitrogen and oxygen atoms in total. The summed E-state index contributed by atoms with van der Waals surface area (Å²) >= 11 is 0. The highest BCUT2D eigenvalue weighted by molar-refractivity contribution is 5.78. The van der Waals surface area contributed by atoms with E-state index in [9.17, 15) is 4.79 Å². The molecule has 1 aromatic rings. The normalized spacial score (nSPS) is 18.8. The Balaban J connectivity index is 2.11. The Kier molecular flexibility index (Phi) is 6.03. The van der Waals surface area contributed by atoms with Gasteiger partial charge in [-0.05, 0) is 32.4 Å². The van der Waals surface area contributed by atoms with Crippen LogP contribution in [-0.4, -0.2) is 37.6 Å². The average molecular weight is 307 g/mol. The molecular formula is C16H25N3O3. The third kappa shape index (κ3) is 3.90. The number of hydrogen-bond donors (Lipinski definition) is 2. The van der Waals surface area contributed by atoms with Crippen LogP contribution in [0.5, 0.6) is 11.5 Å². The van der Waals surface area contributed by atoms with E-state index in [4.69, 9.17) is 15.3 Å². The number of nitrogens with one attached hydrogen (secondary N) is 1. The van der Waals surface area contributed by atoms with Gasteiger partial charge in [-0.15, -0.1) is 0 Å². The maximum Gasteiger partial charge on any atom is 0.238 e. The van der Waals surface area contributed by atoms with Crippen LogP contribution >= 0.6 is 0 Å². The van der Waals surface area contributed by atoms with E-state index in [0.29, 0.717) is 13.2 Å². The second-order valence-corrected chi connectivity index (χ2v) is 5.46. The predicted octanol–water partition coefficient (Wildman–Crippen LogP) is 1.30. The summed E-state index contributed by atoms with van der Waals surface area (Å²) in [6.07, 6.45) is 1.88. The number of piperidine rings is 1. The van der Waals surface area contributed by atoms with Crippen LogP contribution in [0, 0.1) is 5.92 Å². The van der Waals surface area contributed by atoms with Gasteiger partial charge in [-0.25, -0.2) is 5.84 Å². The molecule has 0 spiro atoms. The van der Waals surface area contributed by atoms with Crippen LogP contribution in [0.4, 0.5) is 0 Å². The molecule has 1 unspecified atom stereocenters. The van der Waals surface area contributed by atoms with Crippen molar-refractivity contribution in [3.63, 3.8) is 0 Å². The van der Waals surface area contributed by atoms with Crippen molar-refractivity contribution >= 4 is 5.91 Å². The molecule has 0 bridgehead atoms. The lowest BCUT2D eigenvalue weighted by molar-refractivity contribution is -0.126. The van der Waals surface area contributed by atoms with Gasteiger partial charge >= 0.3 is 0 Å². The first-order valence-electron chi connectivity index (χ1n) is 7.71. The Hall–Kier alpha value is -1.79. The zero-order valence-corrected chi connectivity index (χ0v) is 13.3. The molecule has 1 atom stereocenters. The third-order valence-corrected chi connectivity index (χ3v) is 3.98. The Morgan fingerprint density at radius 1 is 1.50 bits per heavy atom. The first-order chi connectivity index (χ1) is 10.7. The standard InChI is InChI=1S/C16H25N3O3/c1-3-22-15-12(6-4-8-14(15)21-2)10-19-9-5-7-13(11-19)16(20)18-17/h4,6,8,13H,3,5,7,9-11,17H2,1-2H3,(H,18,20). The number of rotatable bonds is 6. The van der Waals surface area contributed by atoms with Crippen LogP contribution in [-0.2, 0) is 11.3 Å². The molecule has 1 aliphatic heterocycles. The molecule has 122 valence electrons. The second kappa shape index (κ2) is 8.00. The van der Waals surface area contributed by atoms with Crippen LogP contribution in [0.3, 0.4) is 0 Å². The van der Waals surface area contributed by atoms with Crippen LogP contribution in [0.15, 0.2) is 18.2 Å². The highest BCUT2D eigenvalue weighted by atomic mass is 16.5. The van der Waals surface area contributed by atoms with Crippen molar-refractivity contribution < 1.29 is 14.3 Å². The predicted molar refractivity (Wildman–Crippen MR) is 84.5 cm³/mol. The number of carbonyl (C=O) groups is 1. The van der Waals surface area contributed by atoms with E-state index < -0.39 is 0 Å². The molecule has 0 aromatic heterocycles. The Bertz CT molecular complexity index is 507. The number of carbonyl (C=O) groups excluding carboxylic acids is 1. The van der Waals surface area contributed by atoms with Gasteiger partial charge in [0.2, 0.25) is 5.91 Å². The molecule has 6 heteroatoms. The third-order valence-electron chi connectivity index (χ3n) is 3.98. The fourth-order valence-electron chi connectivity index (χ4n) is 2.93. The van der Waals surface area contributed by atoms with Crippen LogP contribution < -0.4 is 20.7 Å². The minimum Gasteiger partial charge on any atom is -0.493 e. The average Bonchev–Trinajstić information content (AvgIpc) is 2.56. The molecule has 1 heterocycles. The Labute approximate surface area is 131 Å². The van der Waals surface area contributed by atoms with Crippen molar-refractivity contribution in [1.82, 2.24) is 10.3 Å². The highest BCUT2D eigenvalue weighted by Crippen LogP contribution is 2.32. The monoisotopic (exact) mass is 307 g/mol. The van der Waals surface area contributed by atoms with Crippen LogP contribution in [0.25, 0.3) is 0 Å². The number of para-hydroxylation sites is 1. The molecule has 1 aromatic carbocycles. The molecular weight excluding hydrogens is 282 g/mol. The molecule has 22 heavy (non-hydrogen) atoms. The van der Waals surface area contributed by atoms with Crippen molar-refractivity contribution in [2.75, 3.05) is 26.8 Å². The van der Waals surface area contributed by atoms with Crippen molar-refractivity contribution in [3.05, 3.63) is 23.8 Å². The molecule has 0 aliphatic carbocycles. The summed E-state index contributed by atoms with van der Waals surface area (Å²) in [5.74, 6) is 6.66. The van der Waals surface area contributed by atoms with E-state index in [-0.39, 0.29) is 11.8 Å². The van der Waals surface area contributed by atoms with E-state index in [1.54, 1.807) is 7.11 Å². The summed E-state index contributed by atoms with van der Waals surface area (Å²) in [5.41, 5.74) is 3.34. The number of nitrogens with two attached hydrogens (primary N) is 1. The van der Waals surface area contributed by atoms with Gasteiger partial charge < -0.3 is 9.47 Å². The van der Waals surface area contributed by atoms with E-state index in [0.717, 1.165) is 43.0 Å². The fraction of sp³-hybridized carbons (Fsp3) is 0.562. The summed E-state index contributed by atoms with van der Waals surface area (Å²) in [5, 5.41) is 0. The number of likely N-dealkylation sites (tertiary alicyclic amines) is 1. The first kappa shape index (κ1) is 16.6. The molecule has 1 aliphatic rings. The Morgan fingerprint density at radius 2 is 2.32 bits per heavy atom. The summed E-state index contributed by atoms with van der Waals surface area (Å²) in [4.78, 5) is 14.0. The number of hydrazine groups is 1. The topological polar surface area (TPSA) is 76.8 Å². The van der Waals surface area contributed by atoms with Gasteiger partial charge in [-0.1, -0.05) is 12.1 Å². The molecule has 0 radical (unpaired) electrons. The van der Waals surface area contributed by atoms with Gasteiger partial charge in [0.05, 0.1) is 19.6 Å². The quantitative estimate of drug-likeness (QED) is 0.470. The van der Waals surface area contributed by atoms with E-state index in [1.807, 2.05) is 25.1 Å². The lowest BCUT2D eigenvalue weighted by Crippen LogP contribution is -2.44.